The first-order valence-electron chi connectivity index (χ1n) is 4.40. The van der Waals surface area contributed by atoms with E-state index >= 15 is 0 Å². The Labute approximate surface area is 104 Å². The van der Waals surface area contributed by atoms with Gasteiger partial charge in [0, 0.05) is 5.88 Å². The first-order chi connectivity index (χ1) is 8.28. The third-order valence-corrected chi connectivity index (χ3v) is 2.19. The van der Waals surface area contributed by atoms with Crippen molar-refractivity contribution in [1.82, 2.24) is 0 Å². The molecule has 0 heterocycles. The molecule has 96 valence electrons. The van der Waals surface area contributed by atoms with Crippen molar-refractivity contribution in [3.8, 4) is 11.8 Å². The highest BCUT2D eigenvalue weighted by Crippen LogP contribution is 2.30. The highest BCUT2D eigenvalue weighted by molar-refractivity contribution is 6.17. The normalized spacial score (nSPS) is 10.8. The number of carboxylic acids is 1. The van der Waals surface area contributed by atoms with Crippen LogP contribution in [0.5, 0.6) is 5.75 Å². The van der Waals surface area contributed by atoms with Gasteiger partial charge in [0.2, 0.25) is 0 Å². The molecule has 1 aromatic rings. The average Bonchev–Trinajstić information content (AvgIpc) is 2.25. The maximum absolute atomic E-state index is 12.1. The van der Waals surface area contributed by atoms with Gasteiger partial charge in [0.05, 0.1) is 5.56 Å². The van der Waals surface area contributed by atoms with Crippen LogP contribution in [0.3, 0.4) is 0 Å². The fourth-order valence-electron chi connectivity index (χ4n) is 1.24. The number of hydrogen-bond acceptors (Lipinski definition) is 3. The summed E-state index contributed by atoms with van der Waals surface area (Å²) in [4.78, 5) is 10.8. The molecule has 0 aliphatic heterocycles. The largest absolute Gasteiger partial charge is 0.573 e. The highest BCUT2D eigenvalue weighted by atomic mass is 35.5. The molecule has 0 saturated carbocycles. The van der Waals surface area contributed by atoms with Crippen LogP contribution < -0.4 is 4.74 Å². The minimum atomic E-state index is -5.02. The lowest BCUT2D eigenvalue weighted by Gasteiger charge is -2.12. The standard InChI is InChI=1S/C10H5ClF3NO3/c11-3-5-1-6(9(16)17)7(4-15)8(2-5)18-10(12,13)14/h1-2H,3H2,(H,16,17). The summed E-state index contributed by atoms with van der Waals surface area (Å²) in [5.74, 6) is -2.62. The second-order valence-electron chi connectivity index (χ2n) is 3.11. The summed E-state index contributed by atoms with van der Waals surface area (Å²) in [7, 11) is 0. The molecule has 1 aromatic carbocycles. The van der Waals surface area contributed by atoms with Crippen molar-refractivity contribution in [1.29, 1.82) is 5.26 Å². The highest BCUT2D eigenvalue weighted by Gasteiger charge is 2.33. The number of rotatable bonds is 3. The Hall–Kier alpha value is -1.94. The van der Waals surface area contributed by atoms with Crippen LogP contribution >= 0.6 is 11.6 Å². The number of halogens is 4. The number of hydrogen-bond donors (Lipinski definition) is 1. The zero-order chi connectivity index (χ0) is 13.9. The van der Waals surface area contributed by atoms with E-state index in [9.17, 15) is 18.0 Å². The predicted octanol–water partition coefficient (Wildman–Crippen LogP) is 2.89. The van der Waals surface area contributed by atoms with Crippen LogP contribution in [-0.2, 0) is 5.88 Å². The Bertz CT molecular complexity index is 522. The zero-order valence-electron chi connectivity index (χ0n) is 8.58. The Morgan fingerprint density at radius 3 is 2.50 bits per heavy atom. The summed E-state index contributed by atoms with van der Waals surface area (Å²) in [5, 5.41) is 17.5. The molecular weight excluding hydrogens is 275 g/mol. The molecule has 4 nitrogen and oxygen atoms in total. The van der Waals surface area contributed by atoms with Gasteiger partial charge in [0.25, 0.3) is 0 Å². The molecule has 8 heteroatoms. The van der Waals surface area contributed by atoms with Gasteiger partial charge >= 0.3 is 12.3 Å². The van der Waals surface area contributed by atoms with E-state index in [-0.39, 0.29) is 11.4 Å². The van der Waals surface area contributed by atoms with Gasteiger partial charge in [-0.1, -0.05) is 0 Å². The summed E-state index contributed by atoms with van der Waals surface area (Å²) in [6.07, 6.45) is -5.02. The van der Waals surface area contributed by atoms with Crippen LogP contribution in [0.1, 0.15) is 21.5 Å². The van der Waals surface area contributed by atoms with Crippen LogP contribution in [0.15, 0.2) is 12.1 Å². The lowest BCUT2D eigenvalue weighted by molar-refractivity contribution is -0.274. The van der Waals surface area contributed by atoms with Gasteiger partial charge < -0.3 is 9.84 Å². The van der Waals surface area contributed by atoms with Gasteiger partial charge in [-0.05, 0) is 17.7 Å². The Morgan fingerprint density at radius 1 is 1.50 bits per heavy atom. The summed E-state index contributed by atoms with van der Waals surface area (Å²) in [6, 6.07) is 3.28. The number of aromatic carboxylic acids is 1. The summed E-state index contributed by atoms with van der Waals surface area (Å²) in [5.41, 5.74) is -1.18. The molecule has 0 bridgehead atoms. The molecule has 0 aromatic heterocycles. The lowest BCUT2D eigenvalue weighted by Crippen LogP contribution is -2.19. The second kappa shape index (κ2) is 5.14. The van der Waals surface area contributed by atoms with Crippen molar-refractivity contribution in [2.24, 2.45) is 0 Å². The van der Waals surface area contributed by atoms with Gasteiger partial charge in [-0.3, -0.25) is 0 Å². The molecule has 0 unspecified atom stereocenters. The summed E-state index contributed by atoms with van der Waals surface area (Å²) >= 11 is 5.43. The molecule has 0 fully saturated rings. The van der Waals surface area contributed by atoms with E-state index in [2.05, 4.69) is 4.74 Å². The van der Waals surface area contributed by atoms with Gasteiger partial charge in [-0.15, -0.1) is 24.8 Å². The molecule has 0 aliphatic carbocycles. The minimum Gasteiger partial charge on any atom is -0.478 e. The number of benzene rings is 1. The second-order valence-corrected chi connectivity index (χ2v) is 3.38. The fourth-order valence-corrected chi connectivity index (χ4v) is 1.39. The first-order valence-corrected chi connectivity index (χ1v) is 4.94. The third-order valence-electron chi connectivity index (χ3n) is 1.88. The quantitative estimate of drug-likeness (QED) is 0.864. The first kappa shape index (κ1) is 14.1. The van der Waals surface area contributed by atoms with Crippen molar-refractivity contribution >= 4 is 17.6 Å². The predicted molar refractivity (Wildman–Crippen MR) is 54.4 cm³/mol. The Morgan fingerprint density at radius 2 is 2.11 bits per heavy atom. The number of nitrogens with zero attached hydrogens (tertiary/aromatic N) is 1. The molecule has 0 spiro atoms. The molecule has 0 atom stereocenters. The summed E-state index contributed by atoms with van der Waals surface area (Å²) < 4.78 is 40.0. The maximum Gasteiger partial charge on any atom is 0.573 e. The van der Waals surface area contributed by atoms with Crippen molar-refractivity contribution in [3.05, 3.63) is 28.8 Å². The van der Waals surface area contributed by atoms with E-state index in [1.807, 2.05) is 0 Å². The zero-order valence-corrected chi connectivity index (χ0v) is 9.34. The molecule has 0 radical (unpaired) electrons. The van der Waals surface area contributed by atoms with Gasteiger partial charge in [-0.2, -0.15) is 5.26 Å². The lowest BCUT2D eigenvalue weighted by atomic mass is 10.0. The summed E-state index contributed by atoms with van der Waals surface area (Å²) in [6.45, 7) is 0. The number of carboxylic acid groups (broad SMARTS) is 1. The van der Waals surface area contributed by atoms with Crippen molar-refractivity contribution in [2.75, 3.05) is 0 Å². The van der Waals surface area contributed by atoms with E-state index in [1.165, 1.54) is 6.07 Å². The van der Waals surface area contributed by atoms with Gasteiger partial charge in [-0.25, -0.2) is 4.79 Å². The SMILES string of the molecule is N#Cc1c(OC(F)(F)F)cc(CCl)cc1C(=O)O. The van der Waals surface area contributed by atoms with Crippen LogP contribution in [-0.4, -0.2) is 17.4 Å². The van der Waals surface area contributed by atoms with E-state index in [0.29, 0.717) is 0 Å². The fraction of sp³-hybridized carbons (Fsp3) is 0.200. The van der Waals surface area contributed by atoms with E-state index in [0.717, 1.165) is 12.1 Å². The number of nitriles is 1. The van der Waals surface area contributed by atoms with E-state index in [1.54, 1.807) is 0 Å². The monoisotopic (exact) mass is 279 g/mol. The number of carbonyl (C=O) groups is 1. The molecule has 0 saturated heterocycles. The van der Waals surface area contributed by atoms with Crippen molar-refractivity contribution < 1.29 is 27.8 Å². The van der Waals surface area contributed by atoms with Crippen molar-refractivity contribution in [2.45, 2.75) is 12.2 Å². The third kappa shape index (κ3) is 3.28. The smallest absolute Gasteiger partial charge is 0.478 e. The Kier molecular flexibility index (Phi) is 4.03. The van der Waals surface area contributed by atoms with Gasteiger partial charge in [0.1, 0.15) is 17.4 Å². The maximum atomic E-state index is 12.1. The molecule has 0 amide bonds. The Balaban J connectivity index is 3.44. The van der Waals surface area contributed by atoms with E-state index in [4.69, 9.17) is 22.0 Å². The van der Waals surface area contributed by atoms with Crippen LogP contribution in [0.25, 0.3) is 0 Å². The number of alkyl halides is 4. The van der Waals surface area contributed by atoms with Crippen LogP contribution in [0.2, 0.25) is 0 Å². The molecule has 18 heavy (non-hydrogen) atoms. The van der Waals surface area contributed by atoms with Crippen molar-refractivity contribution in [3.63, 3.8) is 0 Å². The topological polar surface area (TPSA) is 70.3 Å². The molecule has 1 rings (SSSR count). The average molecular weight is 280 g/mol. The molecule has 1 N–H and O–H groups in total. The van der Waals surface area contributed by atoms with E-state index < -0.39 is 29.2 Å². The van der Waals surface area contributed by atoms with Gasteiger partial charge in [0.15, 0.2) is 0 Å². The molecule has 0 aliphatic rings. The van der Waals surface area contributed by atoms with Crippen LogP contribution in [0.4, 0.5) is 13.2 Å². The molecular formula is C10H5ClF3NO3. The van der Waals surface area contributed by atoms with Crippen LogP contribution in [0, 0.1) is 11.3 Å². The number of ether oxygens (including phenoxy) is 1. The minimum absolute atomic E-state index is 0.104.